The van der Waals surface area contributed by atoms with Crippen molar-refractivity contribution in [2.24, 2.45) is 0 Å². The van der Waals surface area contributed by atoms with Gasteiger partial charge in [0.1, 0.15) is 23.0 Å². The van der Waals surface area contributed by atoms with Crippen LogP contribution in [0.5, 0.6) is 5.75 Å². The average Bonchev–Trinajstić information content (AvgIpc) is 3.07. The monoisotopic (exact) mass is 652 g/mol. The van der Waals surface area contributed by atoms with Crippen molar-refractivity contribution in [3.63, 3.8) is 0 Å². The number of rotatable bonds is 6. The second-order valence-electron chi connectivity index (χ2n) is 11.5. The maximum atomic E-state index is 14.2. The van der Waals surface area contributed by atoms with E-state index in [1.807, 2.05) is 13.1 Å². The van der Waals surface area contributed by atoms with Crippen molar-refractivity contribution < 1.29 is 13.9 Å². The lowest BCUT2D eigenvalue weighted by Crippen LogP contribution is -2.47. The number of likely N-dealkylation sites (N-methyl/N-ethyl adjacent to an activating group) is 1. The lowest BCUT2D eigenvalue weighted by Gasteiger charge is -2.32. The maximum Gasteiger partial charge on any atom is 0.336 e. The smallest absolute Gasteiger partial charge is 0.336 e. The fourth-order valence-corrected chi connectivity index (χ4v) is 6.05. The van der Waals surface area contributed by atoms with Crippen molar-refractivity contribution in [3.05, 3.63) is 121 Å². The van der Waals surface area contributed by atoms with Gasteiger partial charge >= 0.3 is 5.69 Å². The van der Waals surface area contributed by atoms with Crippen LogP contribution in [0.3, 0.4) is 0 Å². The zero-order valence-corrected chi connectivity index (χ0v) is 26.7. The molecule has 10 nitrogen and oxygen atoms in total. The number of fused-ring (bicyclic) bond motifs is 1. The largest absolute Gasteiger partial charge is 0.496 e. The Morgan fingerprint density at radius 3 is 2.51 bits per heavy atom. The maximum absolute atomic E-state index is 14.2. The summed E-state index contributed by atoms with van der Waals surface area (Å²) in [5.41, 5.74) is 1.66. The number of methoxy groups -OCH3 is 1. The first-order valence-electron chi connectivity index (χ1n) is 14.9. The number of piperazine rings is 1. The highest BCUT2D eigenvalue weighted by Gasteiger charge is 2.24. The number of hydrogen-bond acceptors (Lipinski definition) is 7. The Morgan fingerprint density at radius 1 is 1.04 bits per heavy atom. The van der Waals surface area contributed by atoms with Gasteiger partial charge in [-0.1, -0.05) is 17.7 Å². The minimum atomic E-state index is -0.686. The van der Waals surface area contributed by atoms with Crippen molar-refractivity contribution in [1.29, 1.82) is 5.26 Å². The van der Waals surface area contributed by atoms with Crippen molar-refractivity contribution in [1.82, 2.24) is 23.9 Å². The number of benzene rings is 3. The lowest BCUT2D eigenvalue weighted by atomic mass is 10.00. The third-order valence-electron chi connectivity index (χ3n) is 8.36. The van der Waals surface area contributed by atoms with Crippen LogP contribution in [0.25, 0.3) is 27.7 Å². The quantitative estimate of drug-likeness (QED) is 0.263. The molecule has 0 saturated carbocycles. The van der Waals surface area contributed by atoms with Crippen molar-refractivity contribution in [3.8, 4) is 28.6 Å². The summed E-state index contributed by atoms with van der Waals surface area (Å²) in [6.45, 7) is 4.43. The standard InChI is InChI=1S/C35H30ClFN6O4/c1-21-12-26(19-39-18-21)43-34(45)32-30(42(35(43)46)20-22-4-7-29(37)25(13-22)17-38)15-24(16-31(32)47-3)27-14-23(5-6-28(27)36)33(44)41-10-8-40(2)9-11-41/h4-7,12-16,18-19H,8-11,20H2,1-3H3. The summed E-state index contributed by atoms with van der Waals surface area (Å²) in [5, 5.41) is 9.90. The zero-order valence-electron chi connectivity index (χ0n) is 26.0. The van der Waals surface area contributed by atoms with Gasteiger partial charge in [-0.05, 0) is 79.2 Å². The molecule has 1 aliphatic rings. The predicted molar refractivity (Wildman–Crippen MR) is 177 cm³/mol. The molecule has 6 rings (SSSR count). The van der Waals surface area contributed by atoms with Gasteiger partial charge < -0.3 is 14.5 Å². The number of nitriles is 1. The van der Waals surface area contributed by atoms with Crippen LogP contribution in [-0.4, -0.2) is 70.2 Å². The number of carbonyl (C=O) groups is 1. The summed E-state index contributed by atoms with van der Waals surface area (Å²) in [6, 6.07) is 15.8. The number of amides is 1. The normalized spacial score (nSPS) is 13.5. The highest BCUT2D eigenvalue weighted by Crippen LogP contribution is 2.35. The molecule has 1 aliphatic heterocycles. The van der Waals surface area contributed by atoms with Gasteiger partial charge in [0, 0.05) is 48.5 Å². The van der Waals surface area contributed by atoms with E-state index < -0.39 is 17.1 Å². The molecule has 0 aliphatic carbocycles. The number of aromatic nitrogens is 3. The minimum absolute atomic E-state index is 0.105. The van der Waals surface area contributed by atoms with Crippen molar-refractivity contribution >= 4 is 28.4 Å². The van der Waals surface area contributed by atoms with E-state index in [0.29, 0.717) is 40.4 Å². The van der Waals surface area contributed by atoms with Crippen LogP contribution in [0.15, 0.2) is 76.6 Å². The third kappa shape index (κ3) is 6.01. The Kier molecular flexibility index (Phi) is 8.64. The second-order valence-corrected chi connectivity index (χ2v) is 11.9. The Hall–Kier alpha value is -5.31. The molecule has 0 atom stereocenters. The summed E-state index contributed by atoms with van der Waals surface area (Å²) in [4.78, 5) is 49.9. The molecular formula is C35H30ClFN6O4. The zero-order chi connectivity index (χ0) is 33.4. The molecule has 0 spiro atoms. The molecule has 0 unspecified atom stereocenters. The van der Waals surface area contributed by atoms with E-state index in [1.54, 1.807) is 54.4 Å². The van der Waals surface area contributed by atoms with Crippen LogP contribution in [0.2, 0.25) is 5.02 Å². The molecule has 1 amide bonds. The van der Waals surface area contributed by atoms with Gasteiger partial charge in [-0.3, -0.25) is 19.1 Å². The summed E-state index contributed by atoms with van der Waals surface area (Å²) in [7, 11) is 3.43. The van der Waals surface area contributed by atoms with Crippen molar-refractivity contribution in [2.45, 2.75) is 13.5 Å². The van der Waals surface area contributed by atoms with Gasteiger partial charge in [-0.15, -0.1) is 0 Å². The minimum Gasteiger partial charge on any atom is -0.496 e. The van der Waals surface area contributed by atoms with E-state index in [1.165, 1.54) is 30.0 Å². The number of ether oxygens (including phenoxy) is 1. The lowest BCUT2D eigenvalue weighted by molar-refractivity contribution is 0.0664. The van der Waals surface area contributed by atoms with Gasteiger partial charge in [0.15, 0.2) is 0 Å². The average molecular weight is 653 g/mol. The van der Waals surface area contributed by atoms with E-state index in [2.05, 4.69) is 9.88 Å². The first kappa shape index (κ1) is 31.7. The highest BCUT2D eigenvalue weighted by molar-refractivity contribution is 6.33. The first-order chi connectivity index (χ1) is 22.6. The van der Waals surface area contributed by atoms with Gasteiger partial charge in [0.05, 0.1) is 36.6 Å². The topological polar surface area (TPSA) is 113 Å². The molecule has 238 valence electrons. The molecule has 2 aromatic heterocycles. The highest BCUT2D eigenvalue weighted by atomic mass is 35.5. The van der Waals surface area contributed by atoms with Crippen LogP contribution >= 0.6 is 11.6 Å². The fraction of sp³-hybridized carbons (Fsp3) is 0.229. The molecule has 0 bridgehead atoms. The molecule has 0 radical (unpaired) electrons. The Balaban J connectivity index is 1.59. The second kappa shape index (κ2) is 12.8. The Bertz CT molecular complexity index is 2220. The van der Waals surface area contributed by atoms with Crippen LogP contribution in [0.1, 0.15) is 27.0 Å². The number of aryl methyl sites for hydroxylation is 1. The molecule has 5 aromatic rings. The van der Waals surface area contributed by atoms with E-state index in [4.69, 9.17) is 16.3 Å². The molecule has 3 heterocycles. The number of hydrogen-bond donors (Lipinski definition) is 0. The third-order valence-corrected chi connectivity index (χ3v) is 8.69. The SMILES string of the molecule is COc1cc(-c2cc(C(=O)N3CCN(C)CC3)ccc2Cl)cc2c1c(=O)n(-c1cncc(C)c1)c(=O)n2Cc1ccc(F)c(C#N)c1. The number of pyridine rings is 1. The first-order valence-corrected chi connectivity index (χ1v) is 15.2. The fourth-order valence-electron chi connectivity index (χ4n) is 5.82. The van der Waals surface area contributed by atoms with Crippen LogP contribution in [-0.2, 0) is 6.54 Å². The molecule has 0 N–H and O–H groups in total. The number of carbonyl (C=O) groups excluding carboxylic acids is 1. The number of halogens is 2. The molecule has 3 aromatic carbocycles. The Labute approximate surface area is 274 Å². The van der Waals surface area contributed by atoms with E-state index in [9.17, 15) is 24.0 Å². The van der Waals surface area contributed by atoms with Crippen LogP contribution in [0, 0.1) is 24.1 Å². The Morgan fingerprint density at radius 2 is 1.81 bits per heavy atom. The van der Waals surface area contributed by atoms with Gasteiger partial charge in [-0.25, -0.2) is 13.8 Å². The number of nitrogens with zero attached hydrogens (tertiary/aromatic N) is 6. The van der Waals surface area contributed by atoms with E-state index in [-0.39, 0.29) is 40.4 Å². The van der Waals surface area contributed by atoms with E-state index >= 15 is 0 Å². The summed E-state index contributed by atoms with van der Waals surface area (Å²) < 4.78 is 22.3. The summed E-state index contributed by atoms with van der Waals surface area (Å²) in [6.07, 6.45) is 3.02. The summed E-state index contributed by atoms with van der Waals surface area (Å²) in [5.74, 6) is -0.636. The van der Waals surface area contributed by atoms with Gasteiger partial charge in [0.2, 0.25) is 0 Å². The van der Waals surface area contributed by atoms with Gasteiger partial charge in [0.25, 0.3) is 11.5 Å². The predicted octanol–water partition coefficient (Wildman–Crippen LogP) is 4.63. The van der Waals surface area contributed by atoms with Crippen molar-refractivity contribution in [2.75, 3.05) is 40.3 Å². The molecule has 12 heteroatoms. The summed E-state index contributed by atoms with van der Waals surface area (Å²) >= 11 is 6.71. The molecule has 1 fully saturated rings. The van der Waals surface area contributed by atoms with E-state index in [0.717, 1.165) is 29.3 Å². The van der Waals surface area contributed by atoms with Crippen LogP contribution in [0.4, 0.5) is 4.39 Å². The molecular weight excluding hydrogens is 623 g/mol. The van der Waals surface area contributed by atoms with Crippen LogP contribution < -0.4 is 16.0 Å². The molecule has 1 saturated heterocycles. The van der Waals surface area contributed by atoms with Gasteiger partial charge in [-0.2, -0.15) is 5.26 Å². The molecule has 47 heavy (non-hydrogen) atoms.